The zero-order valence-corrected chi connectivity index (χ0v) is 17.0. The highest BCUT2D eigenvalue weighted by Gasteiger charge is 2.11. The molecule has 0 N–H and O–H groups in total. The van der Waals surface area contributed by atoms with Gasteiger partial charge in [-0.2, -0.15) is 0 Å². The van der Waals surface area contributed by atoms with Crippen molar-refractivity contribution in [3.63, 3.8) is 0 Å². The predicted molar refractivity (Wildman–Crippen MR) is 108 cm³/mol. The summed E-state index contributed by atoms with van der Waals surface area (Å²) in [5.74, 6) is 6.10. The summed E-state index contributed by atoms with van der Waals surface area (Å²) >= 11 is 10.5. The van der Waals surface area contributed by atoms with Crippen LogP contribution in [0.15, 0.2) is 62.6 Å². The van der Waals surface area contributed by atoms with Crippen LogP contribution in [0.5, 0.6) is 0 Å². The first-order chi connectivity index (χ1) is 13.1. The maximum Gasteiger partial charge on any atom is 0.339 e. The van der Waals surface area contributed by atoms with E-state index in [9.17, 15) is 4.79 Å². The van der Waals surface area contributed by atoms with E-state index in [0.29, 0.717) is 27.5 Å². The van der Waals surface area contributed by atoms with Gasteiger partial charge in [0, 0.05) is 9.50 Å². The molecule has 0 fully saturated rings. The molecule has 0 spiro atoms. The summed E-state index contributed by atoms with van der Waals surface area (Å²) in [5.41, 5.74) is 1.26. The second-order valence-corrected chi connectivity index (χ2v) is 7.30. The lowest BCUT2D eigenvalue weighted by Crippen LogP contribution is -2.04. The maximum absolute atomic E-state index is 11.8. The number of hydrogen-bond donors (Lipinski definition) is 0. The zero-order chi connectivity index (χ0) is 19.1. The lowest BCUT2D eigenvalue weighted by molar-refractivity contribution is 0.0556. The molecular weight excluding hydrogens is 452 g/mol. The number of aromatic nitrogens is 2. The van der Waals surface area contributed by atoms with E-state index >= 15 is 0 Å². The molecular formula is C19H12BrClN2O3S. The minimum atomic E-state index is -0.441. The van der Waals surface area contributed by atoms with E-state index in [-0.39, 0.29) is 6.61 Å². The molecule has 0 unspecified atom stereocenters. The van der Waals surface area contributed by atoms with E-state index in [1.807, 2.05) is 24.3 Å². The summed E-state index contributed by atoms with van der Waals surface area (Å²) in [5, 5.41) is 9.01. The highest BCUT2D eigenvalue weighted by atomic mass is 79.9. The van der Waals surface area contributed by atoms with Crippen LogP contribution in [0.25, 0.3) is 11.5 Å². The van der Waals surface area contributed by atoms with Gasteiger partial charge in [-0.15, -0.1) is 10.2 Å². The fourth-order valence-electron chi connectivity index (χ4n) is 1.98. The average molecular weight is 464 g/mol. The first kappa shape index (κ1) is 19.5. The van der Waals surface area contributed by atoms with Crippen LogP contribution in [-0.2, 0) is 4.74 Å². The molecule has 8 heteroatoms. The molecule has 0 radical (unpaired) electrons. The van der Waals surface area contributed by atoms with Crippen molar-refractivity contribution >= 4 is 45.3 Å². The van der Waals surface area contributed by atoms with E-state index in [1.54, 1.807) is 24.3 Å². The van der Waals surface area contributed by atoms with Crippen molar-refractivity contribution in [2.24, 2.45) is 0 Å². The van der Waals surface area contributed by atoms with Gasteiger partial charge >= 0.3 is 5.97 Å². The molecule has 0 aliphatic rings. The van der Waals surface area contributed by atoms with E-state index in [1.165, 1.54) is 11.8 Å². The molecule has 0 saturated carbocycles. The summed E-state index contributed by atoms with van der Waals surface area (Å²) in [6, 6.07) is 14.1. The van der Waals surface area contributed by atoms with Gasteiger partial charge in [-0.3, -0.25) is 0 Å². The largest absolute Gasteiger partial charge is 0.449 e. The average Bonchev–Trinajstić information content (AvgIpc) is 3.14. The van der Waals surface area contributed by atoms with Crippen LogP contribution in [0.3, 0.4) is 0 Å². The number of rotatable bonds is 5. The molecule has 27 heavy (non-hydrogen) atoms. The third-order valence-corrected chi connectivity index (χ3v) is 4.90. The standard InChI is InChI=1S/C19H12BrClN2O3S/c20-16-6-2-1-5-15(16)17-22-23-19(26-17)27-12-4-3-11-25-18(24)13-7-9-14(21)10-8-13/h1-2,5-10H,11-12H2. The van der Waals surface area contributed by atoms with E-state index in [2.05, 4.69) is 38.0 Å². The second kappa shape index (κ2) is 9.60. The van der Waals surface area contributed by atoms with Crippen molar-refractivity contribution in [3.8, 4) is 23.3 Å². The van der Waals surface area contributed by atoms with Crippen LogP contribution in [0.2, 0.25) is 5.02 Å². The molecule has 3 aromatic rings. The van der Waals surface area contributed by atoms with Gasteiger partial charge < -0.3 is 9.15 Å². The summed E-state index contributed by atoms with van der Waals surface area (Å²) in [6.45, 7) is 0.00800. The zero-order valence-electron chi connectivity index (χ0n) is 13.8. The first-order valence-electron chi connectivity index (χ1n) is 7.73. The molecule has 1 aromatic heterocycles. The first-order valence-corrected chi connectivity index (χ1v) is 9.89. The van der Waals surface area contributed by atoms with Crippen molar-refractivity contribution < 1.29 is 13.9 Å². The van der Waals surface area contributed by atoms with E-state index < -0.39 is 5.97 Å². The fourth-order valence-corrected chi connectivity index (χ4v) is 3.10. The number of carbonyl (C=O) groups is 1. The lowest BCUT2D eigenvalue weighted by Gasteiger charge is -2.00. The monoisotopic (exact) mass is 462 g/mol. The van der Waals surface area contributed by atoms with Gasteiger partial charge in [0.25, 0.3) is 5.22 Å². The quantitative estimate of drug-likeness (QED) is 0.298. The van der Waals surface area contributed by atoms with Gasteiger partial charge in [0.1, 0.15) is 0 Å². The van der Waals surface area contributed by atoms with Crippen molar-refractivity contribution in [1.29, 1.82) is 0 Å². The SMILES string of the molecule is O=C(OCC#CCSc1nnc(-c2ccccc2Br)o1)c1ccc(Cl)cc1. The van der Waals surface area contributed by atoms with Crippen molar-refractivity contribution in [3.05, 3.63) is 63.6 Å². The van der Waals surface area contributed by atoms with Gasteiger partial charge in [0.15, 0.2) is 6.61 Å². The molecule has 3 rings (SSSR count). The van der Waals surface area contributed by atoms with E-state index in [4.69, 9.17) is 20.8 Å². The van der Waals surface area contributed by atoms with Gasteiger partial charge in [-0.05, 0) is 52.3 Å². The van der Waals surface area contributed by atoms with Crippen LogP contribution >= 0.6 is 39.3 Å². The number of benzene rings is 2. The maximum atomic E-state index is 11.8. The molecule has 0 saturated heterocycles. The van der Waals surface area contributed by atoms with Crippen LogP contribution in [0.1, 0.15) is 10.4 Å². The molecule has 2 aromatic carbocycles. The molecule has 0 atom stereocenters. The molecule has 136 valence electrons. The summed E-state index contributed by atoms with van der Waals surface area (Å²) in [6.07, 6.45) is 0. The normalized spacial score (nSPS) is 10.1. The number of nitrogens with zero attached hydrogens (tertiary/aromatic N) is 2. The second-order valence-electron chi connectivity index (χ2n) is 5.08. The number of ether oxygens (including phenoxy) is 1. The van der Waals surface area contributed by atoms with Crippen LogP contribution in [-0.4, -0.2) is 28.5 Å². The Labute approximate surface area is 173 Å². The van der Waals surface area contributed by atoms with Gasteiger partial charge in [-0.25, -0.2) is 4.79 Å². The van der Waals surface area contributed by atoms with E-state index in [0.717, 1.165) is 10.0 Å². The molecule has 0 aliphatic carbocycles. The smallest absolute Gasteiger partial charge is 0.339 e. The predicted octanol–water partition coefficient (Wildman–Crippen LogP) is 5.11. The van der Waals surface area contributed by atoms with Crippen molar-refractivity contribution in [2.75, 3.05) is 12.4 Å². The fraction of sp³-hybridized carbons (Fsp3) is 0.105. The minimum absolute atomic E-state index is 0.00800. The third kappa shape index (κ3) is 5.60. The van der Waals surface area contributed by atoms with Crippen LogP contribution in [0, 0.1) is 11.8 Å². The Kier molecular flexibility index (Phi) is 6.93. The minimum Gasteiger partial charge on any atom is -0.449 e. The highest BCUT2D eigenvalue weighted by molar-refractivity contribution is 9.10. The Morgan fingerprint density at radius 3 is 2.70 bits per heavy atom. The summed E-state index contributed by atoms with van der Waals surface area (Å²) in [4.78, 5) is 11.8. The number of thioether (sulfide) groups is 1. The van der Waals surface area contributed by atoms with Gasteiger partial charge in [0.2, 0.25) is 5.89 Å². The number of carbonyl (C=O) groups excluding carboxylic acids is 1. The van der Waals surface area contributed by atoms with Gasteiger partial charge in [0.05, 0.1) is 16.9 Å². The molecule has 0 aliphatic heterocycles. The van der Waals surface area contributed by atoms with Gasteiger partial charge in [-0.1, -0.05) is 47.3 Å². The van der Waals surface area contributed by atoms with Crippen LogP contribution < -0.4 is 0 Å². The Hall–Kier alpha value is -2.27. The Morgan fingerprint density at radius 1 is 1.15 bits per heavy atom. The highest BCUT2D eigenvalue weighted by Crippen LogP contribution is 2.28. The van der Waals surface area contributed by atoms with Crippen LogP contribution in [0.4, 0.5) is 0 Å². The molecule has 1 heterocycles. The Morgan fingerprint density at radius 2 is 1.93 bits per heavy atom. The topological polar surface area (TPSA) is 65.2 Å². The third-order valence-electron chi connectivity index (χ3n) is 3.26. The molecule has 0 amide bonds. The Balaban J connectivity index is 1.45. The summed E-state index contributed by atoms with van der Waals surface area (Å²) in [7, 11) is 0. The van der Waals surface area contributed by atoms with Crippen molar-refractivity contribution in [2.45, 2.75) is 5.22 Å². The number of hydrogen-bond acceptors (Lipinski definition) is 6. The lowest BCUT2D eigenvalue weighted by atomic mass is 10.2. The summed E-state index contributed by atoms with van der Waals surface area (Å²) < 4.78 is 11.6. The van der Waals surface area contributed by atoms with Crippen molar-refractivity contribution in [1.82, 2.24) is 10.2 Å². The molecule has 0 bridgehead atoms. The number of halogens is 2. The Bertz CT molecular complexity index is 996. The number of esters is 1. The molecule has 5 nitrogen and oxygen atoms in total.